The topological polar surface area (TPSA) is 3.24 Å². The molecule has 0 aliphatic rings. The minimum atomic E-state index is 1.16. The number of hydrogen-bond donors (Lipinski definition) is 0. The molecule has 0 amide bonds. The SMILES string of the molecule is CC.CC.CC.c1ccc(N(c2cccc3ccccc23)c2cccc3ccccc23)cc1. The maximum Gasteiger partial charge on any atom is 0.0540 e. The molecule has 5 rings (SSSR count). The molecule has 0 radical (unpaired) electrons. The number of rotatable bonds is 3. The van der Waals surface area contributed by atoms with Crippen LogP contribution in [0.2, 0.25) is 0 Å². The molecule has 0 aromatic heterocycles. The Morgan fingerprint density at radius 3 is 1.18 bits per heavy atom. The van der Waals surface area contributed by atoms with Gasteiger partial charge in [0.1, 0.15) is 0 Å². The van der Waals surface area contributed by atoms with Crippen molar-refractivity contribution in [1.82, 2.24) is 0 Å². The molecule has 0 aliphatic carbocycles. The normalized spacial score (nSPS) is 9.52. The average molecular weight is 436 g/mol. The van der Waals surface area contributed by atoms with Gasteiger partial charge < -0.3 is 4.90 Å². The summed E-state index contributed by atoms with van der Waals surface area (Å²) in [6.07, 6.45) is 0. The zero-order valence-corrected chi connectivity index (χ0v) is 20.9. The van der Waals surface area contributed by atoms with Crippen LogP contribution < -0.4 is 4.90 Å². The second-order valence-corrected chi connectivity index (χ2v) is 6.67. The van der Waals surface area contributed by atoms with Gasteiger partial charge in [-0.15, -0.1) is 0 Å². The van der Waals surface area contributed by atoms with E-state index >= 15 is 0 Å². The lowest BCUT2D eigenvalue weighted by molar-refractivity contribution is 1.31. The van der Waals surface area contributed by atoms with Gasteiger partial charge in [0.25, 0.3) is 0 Å². The standard InChI is InChI=1S/C26H19N.3C2H6/c1-2-14-22(15-3-1)27(25-18-8-12-20-10-4-6-16-23(20)25)26-19-9-13-21-11-5-7-17-24(21)26;3*1-2/h1-19H;3*1-2H3. The van der Waals surface area contributed by atoms with Crippen LogP contribution in [0.25, 0.3) is 21.5 Å². The van der Waals surface area contributed by atoms with E-state index in [0.717, 1.165) is 5.69 Å². The van der Waals surface area contributed by atoms with E-state index in [4.69, 9.17) is 0 Å². The molecule has 0 N–H and O–H groups in total. The van der Waals surface area contributed by atoms with Gasteiger partial charge in [0.15, 0.2) is 0 Å². The summed E-state index contributed by atoms with van der Waals surface area (Å²) >= 11 is 0. The molecular formula is C32H37N. The third-order valence-electron chi connectivity index (χ3n) is 5.03. The van der Waals surface area contributed by atoms with Gasteiger partial charge in [-0.3, -0.25) is 0 Å². The zero-order chi connectivity index (χ0) is 24.1. The lowest BCUT2D eigenvalue weighted by Gasteiger charge is -2.28. The van der Waals surface area contributed by atoms with Gasteiger partial charge in [-0.05, 0) is 35.0 Å². The maximum atomic E-state index is 2.37. The number of benzene rings is 5. The second kappa shape index (κ2) is 13.8. The van der Waals surface area contributed by atoms with E-state index < -0.39 is 0 Å². The number of anilines is 3. The fraction of sp³-hybridized carbons (Fsp3) is 0.188. The van der Waals surface area contributed by atoms with Crippen LogP contribution in [0, 0.1) is 0 Å². The van der Waals surface area contributed by atoms with Crippen molar-refractivity contribution in [3.05, 3.63) is 115 Å². The van der Waals surface area contributed by atoms with Gasteiger partial charge in [-0.2, -0.15) is 0 Å². The number of nitrogens with zero attached hydrogens (tertiary/aromatic N) is 1. The zero-order valence-electron chi connectivity index (χ0n) is 20.9. The molecule has 0 unspecified atom stereocenters. The number of hydrogen-bond acceptors (Lipinski definition) is 1. The smallest absolute Gasteiger partial charge is 0.0540 e. The summed E-state index contributed by atoms with van der Waals surface area (Å²) in [4.78, 5) is 2.37. The number of fused-ring (bicyclic) bond motifs is 2. The molecule has 0 saturated heterocycles. The van der Waals surface area contributed by atoms with Crippen molar-refractivity contribution < 1.29 is 0 Å². The molecule has 5 aromatic carbocycles. The Morgan fingerprint density at radius 1 is 0.364 bits per heavy atom. The first kappa shape index (κ1) is 25.7. The van der Waals surface area contributed by atoms with Crippen LogP contribution in [0.3, 0.4) is 0 Å². The molecule has 0 atom stereocenters. The van der Waals surface area contributed by atoms with Crippen LogP contribution >= 0.6 is 0 Å². The molecule has 0 heterocycles. The molecule has 0 fully saturated rings. The summed E-state index contributed by atoms with van der Waals surface area (Å²) < 4.78 is 0. The van der Waals surface area contributed by atoms with E-state index in [9.17, 15) is 0 Å². The van der Waals surface area contributed by atoms with Gasteiger partial charge in [0, 0.05) is 16.5 Å². The van der Waals surface area contributed by atoms with Gasteiger partial charge >= 0.3 is 0 Å². The molecular weight excluding hydrogens is 398 g/mol. The highest BCUT2D eigenvalue weighted by Gasteiger charge is 2.16. The van der Waals surface area contributed by atoms with Gasteiger partial charge in [0.05, 0.1) is 11.4 Å². The van der Waals surface area contributed by atoms with E-state index in [2.05, 4.69) is 120 Å². The lowest BCUT2D eigenvalue weighted by atomic mass is 10.0. The van der Waals surface area contributed by atoms with Crippen LogP contribution in [0.15, 0.2) is 115 Å². The summed E-state index contributed by atoms with van der Waals surface area (Å²) in [7, 11) is 0. The van der Waals surface area contributed by atoms with Gasteiger partial charge in [-0.1, -0.05) is 133 Å². The van der Waals surface area contributed by atoms with Crippen LogP contribution in [0.1, 0.15) is 41.5 Å². The first-order chi connectivity index (χ1) is 16.4. The minimum Gasteiger partial charge on any atom is -0.309 e. The summed E-state index contributed by atoms with van der Waals surface area (Å²) in [5, 5.41) is 4.99. The largest absolute Gasteiger partial charge is 0.309 e. The van der Waals surface area contributed by atoms with Crippen LogP contribution in [-0.4, -0.2) is 0 Å². The predicted molar refractivity (Wildman–Crippen MR) is 150 cm³/mol. The fourth-order valence-electron chi connectivity index (χ4n) is 3.79. The Morgan fingerprint density at radius 2 is 0.727 bits per heavy atom. The van der Waals surface area contributed by atoms with Crippen LogP contribution in [-0.2, 0) is 0 Å². The Balaban J connectivity index is 0.000000597. The second-order valence-electron chi connectivity index (χ2n) is 6.67. The van der Waals surface area contributed by atoms with Gasteiger partial charge in [-0.25, -0.2) is 0 Å². The molecule has 5 aromatic rings. The first-order valence-electron chi connectivity index (χ1n) is 12.2. The summed E-state index contributed by atoms with van der Waals surface area (Å²) in [6.45, 7) is 12.0. The van der Waals surface area contributed by atoms with Crippen molar-refractivity contribution in [3.8, 4) is 0 Å². The van der Waals surface area contributed by atoms with Crippen molar-refractivity contribution in [1.29, 1.82) is 0 Å². The highest BCUT2D eigenvalue weighted by molar-refractivity contribution is 6.04. The Labute approximate surface area is 200 Å². The van der Waals surface area contributed by atoms with Crippen molar-refractivity contribution in [3.63, 3.8) is 0 Å². The van der Waals surface area contributed by atoms with E-state index in [1.54, 1.807) is 0 Å². The van der Waals surface area contributed by atoms with E-state index in [-0.39, 0.29) is 0 Å². The molecule has 170 valence electrons. The van der Waals surface area contributed by atoms with Crippen LogP contribution in [0.5, 0.6) is 0 Å². The van der Waals surface area contributed by atoms with E-state index in [1.807, 2.05) is 41.5 Å². The Hall–Kier alpha value is -3.58. The highest BCUT2D eigenvalue weighted by Crippen LogP contribution is 2.41. The molecule has 33 heavy (non-hydrogen) atoms. The predicted octanol–water partition coefficient (Wildman–Crippen LogP) is 10.5. The van der Waals surface area contributed by atoms with Crippen molar-refractivity contribution in [2.24, 2.45) is 0 Å². The first-order valence-corrected chi connectivity index (χ1v) is 12.2. The number of para-hydroxylation sites is 1. The quantitative estimate of drug-likeness (QED) is 0.272. The summed E-state index contributed by atoms with van der Waals surface area (Å²) in [5.41, 5.74) is 3.54. The molecule has 1 heteroatoms. The average Bonchev–Trinajstić information content (AvgIpc) is 2.93. The minimum absolute atomic E-state index is 1.16. The van der Waals surface area contributed by atoms with Gasteiger partial charge in [0.2, 0.25) is 0 Å². The molecule has 0 spiro atoms. The Bertz CT molecular complexity index is 1140. The van der Waals surface area contributed by atoms with Crippen LogP contribution in [0.4, 0.5) is 17.1 Å². The fourth-order valence-corrected chi connectivity index (χ4v) is 3.79. The van der Waals surface area contributed by atoms with Crippen molar-refractivity contribution in [2.75, 3.05) is 4.90 Å². The van der Waals surface area contributed by atoms with E-state index in [0.29, 0.717) is 0 Å². The molecule has 0 bridgehead atoms. The lowest BCUT2D eigenvalue weighted by Crippen LogP contribution is -2.10. The Kier molecular flexibility index (Phi) is 10.7. The van der Waals surface area contributed by atoms with Crippen molar-refractivity contribution >= 4 is 38.6 Å². The summed E-state index contributed by atoms with van der Waals surface area (Å²) in [5.74, 6) is 0. The third kappa shape index (κ3) is 5.81. The van der Waals surface area contributed by atoms with E-state index in [1.165, 1.54) is 32.9 Å². The highest BCUT2D eigenvalue weighted by atomic mass is 15.1. The van der Waals surface area contributed by atoms with Crippen molar-refractivity contribution in [2.45, 2.75) is 41.5 Å². The maximum absolute atomic E-state index is 2.37. The third-order valence-corrected chi connectivity index (χ3v) is 5.03. The monoisotopic (exact) mass is 435 g/mol. The summed E-state index contributed by atoms with van der Waals surface area (Å²) in [6, 6.07) is 40.8. The molecule has 0 aliphatic heterocycles. The molecule has 1 nitrogen and oxygen atoms in total. The molecule has 0 saturated carbocycles.